The number of anilines is 1. The van der Waals surface area contributed by atoms with Crippen LogP contribution in [0.5, 0.6) is 0 Å². The third-order valence-corrected chi connectivity index (χ3v) is 1.45. The van der Waals surface area contributed by atoms with E-state index in [-0.39, 0.29) is 34.0 Å². The Balaban J connectivity index is 0.00000121. The fourth-order valence-corrected chi connectivity index (χ4v) is 0.791. The third kappa shape index (κ3) is 3.97. The van der Waals surface area contributed by atoms with Crippen molar-refractivity contribution in [2.75, 3.05) is 11.1 Å². The first-order valence-corrected chi connectivity index (χ1v) is 3.83. The van der Waals surface area contributed by atoms with Crippen LogP contribution in [0.2, 0.25) is 0 Å². The molecule has 2 nitrogen and oxygen atoms in total. The van der Waals surface area contributed by atoms with Crippen LogP contribution in [0, 0.1) is 0 Å². The number of para-hydroxylation sites is 1. The molecule has 0 bridgehead atoms. The van der Waals surface area contributed by atoms with Crippen LogP contribution in [-0.4, -0.2) is 11.7 Å². The van der Waals surface area contributed by atoms with Gasteiger partial charge in [-0.15, -0.1) is 0 Å². The van der Waals surface area contributed by atoms with E-state index in [2.05, 4.69) is 17.9 Å². The maximum atomic E-state index is 10.8. The van der Waals surface area contributed by atoms with Gasteiger partial charge in [0.25, 0.3) is 0 Å². The van der Waals surface area contributed by atoms with E-state index in [1.807, 2.05) is 30.3 Å². The molecule has 0 saturated carbocycles. The van der Waals surface area contributed by atoms with Crippen LogP contribution in [0.3, 0.4) is 0 Å². The van der Waals surface area contributed by atoms with Crippen molar-refractivity contribution in [1.29, 1.82) is 0 Å². The quantitative estimate of drug-likeness (QED) is 0.632. The molecule has 68 valence electrons. The van der Waals surface area contributed by atoms with Gasteiger partial charge in [-0.2, -0.15) is 0 Å². The molecule has 0 aromatic heterocycles. The number of hydrogen-bond donors (Lipinski definition) is 1. The fourth-order valence-electron chi connectivity index (χ4n) is 0.719. The van der Waals surface area contributed by atoms with Crippen molar-refractivity contribution in [1.82, 2.24) is 0 Å². The number of hydrogen-bond acceptors (Lipinski definition) is 2. The van der Waals surface area contributed by atoms with Gasteiger partial charge < -0.3 is 17.9 Å². The normalized spacial score (nSPS) is 8.42. The first kappa shape index (κ1) is 11.8. The molecule has 0 atom stereocenters. The van der Waals surface area contributed by atoms with Gasteiger partial charge in [-0.05, 0) is 12.1 Å². The van der Waals surface area contributed by atoms with E-state index in [1.54, 1.807) is 0 Å². The Morgan fingerprint density at radius 1 is 1.33 bits per heavy atom. The van der Waals surface area contributed by atoms with E-state index in [1.165, 1.54) is 0 Å². The average Bonchev–Trinajstić information content (AvgIpc) is 2.06. The van der Waals surface area contributed by atoms with Crippen LogP contribution < -0.4 is 5.32 Å². The molecule has 4 heteroatoms. The molecule has 1 rings (SSSR count). The van der Waals surface area contributed by atoms with Crippen LogP contribution in [0.1, 0.15) is 0 Å². The predicted octanol–water partition coefficient (Wildman–Crippen LogP) is 1.17. The zero-order valence-electron chi connectivity index (χ0n) is 6.21. The van der Waals surface area contributed by atoms with Crippen molar-refractivity contribution < 1.29 is 27.2 Å². The van der Waals surface area contributed by atoms with Gasteiger partial charge in [0.15, 0.2) is 5.91 Å². The van der Waals surface area contributed by atoms with Crippen molar-refractivity contribution in [2.45, 2.75) is 0 Å². The summed E-state index contributed by atoms with van der Waals surface area (Å²) in [6.45, 7) is 0. The maximum absolute atomic E-state index is 10.8. The minimum absolute atomic E-state index is 0. The van der Waals surface area contributed by atoms with E-state index in [9.17, 15) is 4.79 Å². The molecule has 1 aromatic rings. The Morgan fingerprint density at radius 2 is 1.92 bits per heavy atom. The molecule has 1 N–H and O–H groups in total. The van der Waals surface area contributed by atoms with Crippen molar-refractivity contribution >= 4 is 24.2 Å². The van der Waals surface area contributed by atoms with Crippen molar-refractivity contribution in [3.8, 4) is 0 Å². The largest absolute Gasteiger partial charge is 1.00 e. The predicted molar refractivity (Wildman–Crippen MR) is 47.3 cm³/mol. The minimum Gasteiger partial charge on any atom is -0.783 e. The summed E-state index contributed by atoms with van der Waals surface area (Å²) in [4.78, 5) is 10.8. The second kappa shape index (κ2) is 6.31. The molecule has 0 spiro atoms. The molecule has 0 fully saturated rings. The molecule has 0 saturated heterocycles. The number of nitrogens with one attached hydrogen (secondary N) is 1. The number of carbonyl (C=O) groups is 1. The fraction of sp³-hybridized carbons (Fsp3) is 0.125. The van der Waals surface area contributed by atoms with Crippen molar-refractivity contribution in [3.63, 3.8) is 0 Å². The third-order valence-electron chi connectivity index (χ3n) is 1.19. The van der Waals surface area contributed by atoms with E-state index >= 15 is 0 Å². The summed E-state index contributed by atoms with van der Waals surface area (Å²) in [6, 6.07) is 9.26. The summed E-state index contributed by atoms with van der Waals surface area (Å²) in [5, 5.41) is 2.65. The molecule has 0 radical (unpaired) electrons. The van der Waals surface area contributed by atoms with Crippen molar-refractivity contribution in [2.24, 2.45) is 0 Å². The Labute approximate surface area is 92.7 Å². The summed E-state index contributed by atoms with van der Waals surface area (Å²) in [7, 11) is 0. The Bertz CT molecular complexity index is 240. The smallest absolute Gasteiger partial charge is 0.783 e. The standard InChI is InChI=1S/C8H9NOS.Au/c10-8(6-11)9-7-4-2-1-3-5-7;/h1-5,11H,6H2,(H,9,10);/q;+1/p-1. The topological polar surface area (TPSA) is 29.1 Å². The SMILES string of the molecule is O=C(C[S-])Nc1ccccc1.[Au+]. The molecular weight excluding hydrogens is 355 g/mol. The summed E-state index contributed by atoms with van der Waals surface area (Å²) in [5.41, 5.74) is 0.794. The zero-order valence-corrected chi connectivity index (χ0v) is 9.19. The summed E-state index contributed by atoms with van der Waals surface area (Å²) in [5.74, 6) is -0.0271. The van der Waals surface area contributed by atoms with Crippen molar-refractivity contribution in [3.05, 3.63) is 30.3 Å². The average molecular weight is 363 g/mol. The molecule has 1 aromatic carbocycles. The molecular formula is C8H8AuNOS. The van der Waals surface area contributed by atoms with Gasteiger partial charge in [0.05, 0.1) is 0 Å². The van der Waals surface area contributed by atoms with Crippen LogP contribution in [0.4, 0.5) is 5.69 Å². The van der Waals surface area contributed by atoms with E-state index < -0.39 is 0 Å². The number of amides is 1. The van der Waals surface area contributed by atoms with E-state index in [0.29, 0.717) is 0 Å². The van der Waals surface area contributed by atoms with Gasteiger partial charge in [-0.1, -0.05) is 24.0 Å². The molecule has 0 aliphatic carbocycles. The summed E-state index contributed by atoms with van der Waals surface area (Å²) in [6.07, 6.45) is 0. The van der Waals surface area contributed by atoms with Gasteiger partial charge in [-0.25, -0.2) is 0 Å². The number of benzene rings is 1. The Kier molecular flexibility index (Phi) is 6.20. The van der Waals surface area contributed by atoms with E-state index in [4.69, 9.17) is 0 Å². The number of rotatable bonds is 2. The van der Waals surface area contributed by atoms with E-state index in [0.717, 1.165) is 5.69 Å². The summed E-state index contributed by atoms with van der Waals surface area (Å²) >= 11 is 4.56. The molecule has 0 unspecified atom stereocenters. The Morgan fingerprint density at radius 3 is 2.42 bits per heavy atom. The summed E-state index contributed by atoms with van der Waals surface area (Å²) < 4.78 is 0. The molecule has 0 aliphatic heterocycles. The Hall–Kier alpha value is -0.220. The second-order valence-electron chi connectivity index (χ2n) is 2.06. The minimum atomic E-state index is -0.133. The molecule has 12 heavy (non-hydrogen) atoms. The van der Waals surface area contributed by atoms with Gasteiger partial charge in [0.2, 0.25) is 0 Å². The monoisotopic (exact) mass is 363 g/mol. The second-order valence-corrected chi connectivity index (χ2v) is 2.35. The van der Waals surface area contributed by atoms with Crippen LogP contribution in [-0.2, 0) is 39.8 Å². The molecule has 0 aliphatic rings. The van der Waals surface area contributed by atoms with Crippen LogP contribution in [0.15, 0.2) is 30.3 Å². The molecule has 0 heterocycles. The maximum Gasteiger partial charge on any atom is 1.00 e. The first-order valence-electron chi connectivity index (χ1n) is 3.26. The van der Waals surface area contributed by atoms with Gasteiger partial charge in [-0.3, -0.25) is 4.79 Å². The van der Waals surface area contributed by atoms with Gasteiger partial charge >= 0.3 is 22.4 Å². The van der Waals surface area contributed by atoms with Gasteiger partial charge in [0, 0.05) is 5.69 Å². The zero-order chi connectivity index (χ0) is 8.10. The van der Waals surface area contributed by atoms with Crippen LogP contribution >= 0.6 is 0 Å². The number of carbonyl (C=O) groups excluding carboxylic acids is 1. The molecule has 1 amide bonds. The van der Waals surface area contributed by atoms with Crippen LogP contribution in [0.25, 0.3) is 0 Å². The van der Waals surface area contributed by atoms with Gasteiger partial charge in [0.1, 0.15) is 0 Å². The first-order chi connectivity index (χ1) is 5.33.